The third kappa shape index (κ3) is 6.21. The standard InChI is InChI=1S/C30H36N4O5/c1-21-18-23(26-4-2-3-5-27(26)32-21)19-39-25-8-6-22(7-9-25)28(35)31-20-30(29(36)33-37)12-14-34(15-13-30)24-10-16-38-17-11-24/h2-9,18,24,37H,10-17,19-20H2,1H3,(H,31,35)(H,33,36). The van der Waals surface area contributed by atoms with E-state index < -0.39 is 11.3 Å². The van der Waals surface area contributed by atoms with Gasteiger partial charge in [0, 0.05) is 48.0 Å². The molecule has 2 saturated heterocycles. The van der Waals surface area contributed by atoms with Gasteiger partial charge in [-0.25, -0.2) is 5.48 Å². The third-order valence-electron chi connectivity index (χ3n) is 8.07. The van der Waals surface area contributed by atoms with Gasteiger partial charge in [0.25, 0.3) is 11.8 Å². The van der Waals surface area contributed by atoms with Crippen molar-refractivity contribution in [2.24, 2.45) is 5.41 Å². The largest absolute Gasteiger partial charge is 0.489 e. The Morgan fingerprint density at radius 2 is 1.82 bits per heavy atom. The van der Waals surface area contributed by atoms with Crippen LogP contribution in [0.15, 0.2) is 54.6 Å². The van der Waals surface area contributed by atoms with Crippen molar-refractivity contribution in [3.05, 3.63) is 71.4 Å². The summed E-state index contributed by atoms with van der Waals surface area (Å²) in [5.74, 6) is -0.0620. The van der Waals surface area contributed by atoms with Crippen molar-refractivity contribution >= 4 is 22.7 Å². The molecule has 3 aromatic rings. The number of benzene rings is 2. The minimum absolute atomic E-state index is 0.159. The summed E-state index contributed by atoms with van der Waals surface area (Å²) in [5.41, 5.74) is 4.38. The Hall–Kier alpha value is -3.53. The average molecular weight is 533 g/mol. The maximum absolute atomic E-state index is 12.9. The highest BCUT2D eigenvalue weighted by Crippen LogP contribution is 2.33. The van der Waals surface area contributed by atoms with Gasteiger partial charge in [-0.1, -0.05) is 18.2 Å². The van der Waals surface area contributed by atoms with Gasteiger partial charge in [0.1, 0.15) is 12.4 Å². The van der Waals surface area contributed by atoms with Crippen molar-refractivity contribution in [3.63, 3.8) is 0 Å². The number of amides is 2. The Kier molecular flexibility index (Phi) is 8.40. The molecule has 5 rings (SSSR count). The van der Waals surface area contributed by atoms with Gasteiger partial charge in [0.2, 0.25) is 0 Å². The monoisotopic (exact) mass is 532 g/mol. The zero-order valence-electron chi connectivity index (χ0n) is 22.3. The molecular formula is C30H36N4O5. The van der Waals surface area contributed by atoms with Gasteiger partial charge in [0.05, 0.1) is 10.9 Å². The first-order valence-corrected chi connectivity index (χ1v) is 13.6. The quantitative estimate of drug-likeness (QED) is 0.300. The van der Waals surface area contributed by atoms with Crippen LogP contribution in [-0.2, 0) is 16.1 Å². The van der Waals surface area contributed by atoms with Crippen LogP contribution in [0.1, 0.15) is 47.3 Å². The number of piperidine rings is 1. The maximum Gasteiger partial charge on any atom is 0.251 e. The number of hydrogen-bond acceptors (Lipinski definition) is 7. The van der Waals surface area contributed by atoms with Crippen LogP contribution in [0.25, 0.3) is 10.9 Å². The first-order valence-electron chi connectivity index (χ1n) is 13.6. The SMILES string of the molecule is Cc1cc(COc2ccc(C(=O)NCC3(C(=O)NO)CCN(C4CCOCC4)CC3)cc2)c2ccccc2n1. The lowest BCUT2D eigenvalue weighted by Crippen LogP contribution is -2.55. The van der Waals surface area contributed by atoms with Gasteiger partial charge in [-0.15, -0.1) is 0 Å². The highest BCUT2D eigenvalue weighted by molar-refractivity contribution is 5.95. The lowest BCUT2D eigenvalue weighted by Gasteiger charge is -2.44. The van der Waals surface area contributed by atoms with Gasteiger partial charge in [0.15, 0.2) is 0 Å². The Labute approximate surface area is 228 Å². The first kappa shape index (κ1) is 27.1. The minimum Gasteiger partial charge on any atom is -0.489 e. The topological polar surface area (TPSA) is 113 Å². The molecule has 3 N–H and O–H groups in total. The molecule has 0 aliphatic carbocycles. The maximum atomic E-state index is 12.9. The van der Waals surface area contributed by atoms with Crippen LogP contribution in [0, 0.1) is 12.3 Å². The summed E-state index contributed by atoms with van der Waals surface area (Å²) < 4.78 is 11.5. The Balaban J connectivity index is 1.17. The molecule has 2 amide bonds. The molecule has 0 bridgehead atoms. The number of nitrogens with zero attached hydrogens (tertiary/aromatic N) is 2. The molecule has 2 fully saturated rings. The predicted molar refractivity (Wildman–Crippen MR) is 147 cm³/mol. The Morgan fingerprint density at radius 1 is 1.10 bits per heavy atom. The van der Waals surface area contributed by atoms with Gasteiger partial charge >= 0.3 is 0 Å². The number of hydrogen-bond donors (Lipinski definition) is 3. The number of fused-ring (bicyclic) bond motifs is 1. The van der Waals surface area contributed by atoms with E-state index in [-0.39, 0.29) is 12.5 Å². The number of nitrogens with one attached hydrogen (secondary N) is 2. The second kappa shape index (κ2) is 12.1. The molecule has 1 aromatic heterocycles. The van der Waals surface area contributed by atoms with E-state index in [1.165, 1.54) is 0 Å². The van der Waals surface area contributed by atoms with E-state index >= 15 is 0 Å². The molecule has 3 heterocycles. The second-order valence-electron chi connectivity index (χ2n) is 10.5. The molecule has 9 heteroatoms. The molecule has 0 spiro atoms. The van der Waals surface area contributed by atoms with Crippen molar-refractivity contribution in [2.45, 2.75) is 45.3 Å². The number of rotatable bonds is 8. The number of aromatic nitrogens is 1. The van der Waals surface area contributed by atoms with E-state index in [4.69, 9.17) is 9.47 Å². The van der Waals surface area contributed by atoms with E-state index in [1.807, 2.05) is 42.7 Å². The van der Waals surface area contributed by atoms with Crippen LogP contribution in [0.4, 0.5) is 0 Å². The van der Waals surface area contributed by atoms with Gasteiger partial charge in [-0.05, 0) is 82.1 Å². The number of pyridine rings is 1. The number of aryl methyl sites for hydroxylation is 1. The fourth-order valence-electron chi connectivity index (χ4n) is 5.70. The molecule has 0 saturated carbocycles. The number of ether oxygens (including phenoxy) is 2. The Bertz CT molecular complexity index is 1300. The molecule has 2 aliphatic rings. The smallest absolute Gasteiger partial charge is 0.251 e. The summed E-state index contributed by atoms with van der Waals surface area (Å²) in [4.78, 5) is 32.6. The van der Waals surface area contributed by atoms with Crippen molar-refractivity contribution in [1.82, 2.24) is 20.7 Å². The normalized spacial score (nSPS) is 18.0. The fraction of sp³-hybridized carbons (Fsp3) is 0.433. The first-order chi connectivity index (χ1) is 19.0. The minimum atomic E-state index is -0.847. The summed E-state index contributed by atoms with van der Waals surface area (Å²) in [5, 5.41) is 13.4. The van der Waals surface area contributed by atoms with Crippen LogP contribution >= 0.6 is 0 Å². The third-order valence-corrected chi connectivity index (χ3v) is 8.07. The molecule has 0 unspecified atom stereocenters. The average Bonchev–Trinajstić information content (AvgIpc) is 2.99. The number of para-hydroxylation sites is 1. The second-order valence-corrected chi connectivity index (χ2v) is 10.5. The number of carbonyl (C=O) groups is 2. The summed E-state index contributed by atoms with van der Waals surface area (Å²) >= 11 is 0. The Morgan fingerprint density at radius 3 is 2.54 bits per heavy atom. The molecule has 9 nitrogen and oxygen atoms in total. The molecule has 2 aliphatic heterocycles. The van der Waals surface area contributed by atoms with Crippen LogP contribution in [0.5, 0.6) is 5.75 Å². The summed E-state index contributed by atoms with van der Waals surface area (Å²) in [7, 11) is 0. The van der Waals surface area contributed by atoms with Crippen molar-refractivity contribution < 1.29 is 24.3 Å². The van der Waals surface area contributed by atoms with E-state index in [1.54, 1.807) is 24.3 Å². The van der Waals surface area contributed by atoms with Crippen LogP contribution in [-0.4, -0.2) is 65.8 Å². The van der Waals surface area contributed by atoms with Crippen molar-refractivity contribution in [3.8, 4) is 5.75 Å². The molecule has 0 radical (unpaired) electrons. The zero-order chi connectivity index (χ0) is 27.2. The van der Waals surface area contributed by atoms with E-state index in [0.29, 0.717) is 36.8 Å². The van der Waals surface area contributed by atoms with Crippen LogP contribution in [0.2, 0.25) is 0 Å². The highest BCUT2D eigenvalue weighted by atomic mass is 16.5. The molecule has 0 atom stereocenters. The van der Waals surface area contributed by atoms with E-state index in [0.717, 1.165) is 61.3 Å². The van der Waals surface area contributed by atoms with E-state index in [9.17, 15) is 14.8 Å². The fourth-order valence-corrected chi connectivity index (χ4v) is 5.70. The van der Waals surface area contributed by atoms with Crippen LogP contribution < -0.4 is 15.5 Å². The predicted octanol–water partition coefficient (Wildman–Crippen LogP) is 3.62. The number of carbonyl (C=O) groups excluding carboxylic acids is 2. The number of hydroxylamine groups is 1. The molecular weight excluding hydrogens is 496 g/mol. The molecule has 206 valence electrons. The van der Waals surface area contributed by atoms with Crippen LogP contribution in [0.3, 0.4) is 0 Å². The van der Waals surface area contributed by atoms with E-state index in [2.05, 4.69) is 15.2 Å². The lowest BCUT2D eigenvalue weighted by molar-refractivity contribution is -0.143. The lowest BCUT2D eigenvalue weighted by atomic mass is 9.76. The summed E-state index contributed by atoms with van der Waals surface area (Å²) in [6, 6.07) is 17.4. The highest BCUT2D eigenvalue weighted by Gasteiger charge is 2.43. The van der Waals surface area contributed by atoms with Gasteiger partial charge < -0.3 is 19.7 Å². The zero-order valence-corrected chi connectivity index (χ0v) is 22.3. The van der Waals surface area contributed by atoms with Gasteiger partial charge in [-0.2, -0.15) is 0 Å². The van der Waals surface area contributed by atoms with Crippen molar-refractivity contribution in [1.29, 1.82) is 0 Å². The summed E-state index contributed by atoms with van der Waals surface area (Å²) in [6.07, 6.45) is 3.11. The number of likely N-dealkylation sites (tertiary alicyclic amines) is 1. The molecule has 39 heavy (non-hydrogen) atoms. The van der Waals surface area contributed by atoms with Crippen molar-refractivity contribution in [2.75, 3.05) is 32.8 Å². The summed E-state index contributed by atoms with van der Waals surface area (Å²) in [6.45, 7) is 5.53. The molecule has 2 aromatic carbocycles. The van der Waals surface area contributed by atoms with Gasteiger partial charge in [-0.3, -0.25) is 19.8 Å².